The average molecular weight is 305 g/mol. The number of benzene rings is 1. The largest absolute Gasteiger partial charge is 0.494 e. The van der Waals surface area contributed by atoms with E-state index in [-0.39, 0.29) is 11.4 Å². The first-order chi connectivity index (χ1) is 10.4. The lowest BCUT2D eigenvalue weighted by Crippen LogP contribution is -2.39. The Hall–Kier alpha value is -2.83. The molecule has 0 spiro atoms. The molecular formula is C15H16FN3O3. The van der Waals surface area contributed by atoms with Gasteiger partial charge in [0.2, 0.25) is 5.88 Å². The molecule has 0 unspecified atom stereocenters. The number of allylic oxidation sites excluding steroid dienone is 1. The van der Waals surface area contributed by atoms with Crippen LogP contribution in [0.15, 0.2) is 39.9 Å². The predicted octanol–water partition coefficient (Wildman–Crippen LogP) is 1.40. The van der Waals surface area contributed by atoms with E-state index in [1.807, 2.05) is 0 Å². The summed E-state index contributed by atoms with van der Waals surface area (Å²) in [7, 11) is 2.70. The zero-order valence-corrected chi connectivity index (χ0v) is 12.4. The van der Waals surface area contributed by atoms with Gasteiger partial charge >= 0.3 is 5.69 Å². The smallest absolute Gasteiger partial charge is 0.333 e. The Bertz CT molecular complexity index is 848. The topological polar surface area (TPSA) is 76.3 Å². The summed E-state index contributed by atoms with van der Waals surface area (Å²) in [4.78, 5) is 24.0. The third kappa shape index (κ3) is 2.65. The molecule has 0 saturated heterocycles. The molecule has 116 valence electrons. The summed E-state index contributed by atoms with van der Waals surface area (Å²) in [6.45, 7) is 1.68. The fourth-order valence-electron chi connectivity index (χ4n) is 2.04. The van der Waals surface area contributed by atoms with Crippen LogP contribution < -0.4 is 16.6 Å². The second kappa shape index (κ2) is 5.88. The van der Waals surface area contributed by atoms with Gasteiger partial charge in [0.1, 0.15) is 11.4 Å². The van der Waals surface area contributed by atoms with Crippen molar-refractivity contribution in [1.29, 1.82) is 0 Å². The lowest BCUT2D eigenvalue weighted by atomic mass is 10.2. The Morgan fingerprint density at radius 3 is 2.32 bits per heavy atom. The van der Waals surface area contributed by atoms with Crippen molar-refractivity contribution in [2.45, 2.75) is 6.92 Å². The summed E-state index contributed by atoms with van der Waals surface area (Å²) in [5, 5.41) is 13.0. The number of rotatable bonds is 3. The van der Waals surface area contributed by atoms with Crippen LogP contribution in [0, 0.1) is 5.82 Å². The van der Waals surface area contributed by atoms with Crippen LogP contribution in [0.1, 0.15) is 12.5 Å². The summed E-state index contributed by atoms with van der Waals surface area (Å²) in [6, 6.07) is 5.55. The van der Waals surface area contributed by atoms with E-state index in [0.717, 1.165) is 9.13 Å². The molecule has 2 rings (SSSR count). The van der Waals surface area contributed by atoms with Crippen molar-refractivity contribution in [2.24, 2.45) is 14.1 Å². The van der Waals surface area contributed by atoms with Crippen LogP contribution in [-0.4, -0.2) is 14.2 Å². The molecule has 1 aromatic heterocycles. The van der Waals surface area contributed by atoms with Crippen LogP contribution in [0.25, 0.3) is 5.70 Å². The van der Waals surface area contributed by atoms with Crippen molar-refractivity contribution < 1.29 is 9.50 Å². The molecule has 0 atom stereocenters. The number of nitrogens with zero attached hydrogens (tertiary/aromatic N) is 2. The molecule has 22 heavy (non-hydrogen) atoms. The van der Waals surface area contributed by atoms with Gasteiger partial charge in [-0.25, -0.2) is 9.18 Å². The number of aromatic nitrogens is 2. The normalized spacial score (nSPS) is 11.5. The predicted molar refractivity (Wildman–Crippen MR) is 82.3 cm³/mol. The molecule has 0 radical (unpaired) electrons. The van der Waals surface area contributed by atoms with E-state index in [4.69, 9.17) is 0 Å². The maximum Gasteiger partial charge on any atom is 0.333 e. The minimum absolute atomic E-state index is 0.0311. The van der Waals surface area contributed by atoms with Crippen molar-refractivity contribution in [3.63, 3.8) is 0 Å². The second-order valence-electron chi connectivity index (χ2n) is 4.74. The van der Waals surface area contributed by atoms with Crippen LogP contribution in [0.4, 0.5) is 10.1 Å². The van der Waals surface area contributed by atoms with Crippen molar-refractivity contribution in [3.05, 3.63) is 62.6 Å². The van der Waals surface area contributed by atoms with Gasteiger partial charge in [-0.1, -0.05) is 6.08 Å². The van der Waals surface area contributed by atoms with Gasteiger partial charge in [-0.3, -0.25) is 13.9 Å². The maximum atomic E-state index is 12.9. The highest BCUT2D eigenvalue weighted by Crippen LogP contribution is 2.22. The van der Waals surface area contributed by atoms with E-state index in [9.17, 15) is 19.1 Å². The van der Waals surface area contributed by atoms with Crippen molar-refractivity contribution in [3.8, 4) is 5.88 Å². The van der Waals surface area contributed by atoms with Gasteiger partial charge in [-0.15, -0.1) is 0 Å². The Labute approximate surface area is 125 Å². The molecule has 2 N–H and O–H groups in total. The Morgan fingerprint density at radius 1 is 1.18 bits per heavy atom. The zero-order valence-electron chi connectivity index (χ0n) is 12.4. The third-order valence-electron chi connectivity index (χ3n) is 3.31. The SMILES string of the molecule is C/C=C(/Nc1ccc(F)cc1)c1c(O)n(C)c(=O)n(C)c1=O. The molecule has 0 fully saturated rings. The van der Waals surface area contributed by atoms with E-state index in [2.05, 4.69) is 5.32 Å². The van der Waals surface area contributed by atoms with Gasteiger partial charge in [0.25, 0.3) is 5.56 Å². The van der Waals surface area contributed by atoms with E-state index in [1.165, 1.54) is 38.4 Å². The van der Waals surface area contributed by atoms with Crippen molar-refractivity contribution >= 4 is 11.4 Å². The van der Waals surface area contributed by atoms with Crippen LogP contribution >= 0.6 is 0 Å². The molecule has 6 nitrogen and oxygen atoms in total. The quantitative estimate of drug-likeness (QED) is 0.899. The summed E-state index contributed by atoms with van der Waals surface area (Å²) in [5.74, 6) is -0.816. The third-order valence-corrected chi connectivity index (χ3v) is 3.31. The number of nitrogens with one attached hydrogen (secondary N) is 1. The fourth-order valence-corrected chi connectivity index (χ4v) is 2.04. The van der Waals surface area contributed by atoms with Gasteiger partial charge in [-0.2, -0.15) is 0 Å². The van der Waals surface area contributed by atoms with Crippen LogP contribution in [0.3, 0.4) is 0 Å². The highest BCUT2D eigenvalue weighted by molar-refractivity contribution is 5.78. The number of anilines is 1. The van der Waals surface area contributed by atoms with E-state index < -0.39 is 17.1 Å². The summed E-state index contributed by atoms with van der Waals surface area (Å²) >= 11 is 0. The molecule has 2 aromatic rings. The molecule has 0 aliphatic heterocycles. The van der Waals surface area contributed by atoms with Gasteiger partial charge in [0, 0.05) is 19.8 Å². The molecule has 0 aliphatic rings. The number of halogens is 1. The van der Waals surface area contributed by atoms with Gasteiger partial charge in [-0.05, 0) is 31.2 Å². The fraction of sp³-hybridized carbons (Fsp3) is 0.200. The summed E-state index contributed by atoms with van der Waals surface area (Å²) < 4.78 is 14.8. The number of hydrogen-bond acceptors (Lipinski definition) is 4. The van der Waals surface area contributed by atoms with Gasteiger partial charge in [0.15, 0.2) is 0 Å². The standard InChI is InChI=1S/C15H16FN3O3/c1-4-11(17-10-7-5-9(16)6-8-10)12-13(20)18(2)15(22)19(3)14(12)21/h4-8,17,20H,1-3H3/b11-4+. The highest BCUT2D eigenvalue weighted by Gasteiger charge is 2.18. The molecule has 0 saturated carbocycles. The minimum Gasteiger partial charge on any atom is -0.494 e. The maximum absolute atomic E-state index is 12.9. The van der Waals surface area contributed by atoms with E-state index in [0.29, 0.717) is 11.4 Å². The highest BCUT2D eigenvalue weighted by atomic mass is 19.1. The summed E-state index contributed by atoms with van der Waals surface area (Å²) in [5.41, 5.74) is -0.409. The number of aromatic hydroxyl groups is 1. The molecule has 0 aliphatic carbocycles. The second-order valence-corrected chi connectivity index (χ2v) is 4.74. The molecule has 0 amide bonds. The Morgan fingerprint density at radius 2 is 1.77 bits per heavy atom. The summed E-state index contributed by atoms with van der Waals surface area (Å²) in [6.07, 6.45) is 1.59. The molecule has 7 heteroatoms. The number of hydrogen-bond donors (Lipinski definition) is 2. The Kier molecular flexibility index (Phi) is 4.16. The first-order valence-corrected chi connectivity index (χ1v) is 6.55. The van der Waals surface area contributed by atoms with Crippen molar-refractivity contribution in [2.75, 3.05) is 5.32 Å². The van der Waals surface area contributed by atoms with Crippen LogP contribution in [-0.2, 0) is 14.1 Å². The zero-order chi connectivity index (χ0) is 16.4. The molecule has 1 aromatic carbocycles. The van der Waals surface area contributed by atoms with Crippen molar-refractivity contribution in [1.82, 2.24) is 9.13 Å². The van der Waals surface area contributed by atoms with Gasteiger partial charge < -0.3 is 10.4 Å². The molecular weight excluding hydrogens is 289 g/mol. The first-order valence-electron chi connectivity index (χ1n) is 6.55. The lowest BCUT2D eigenvalue weighted by Gasteiger charge is -2.14. The molecule has 0 bridgehead atoms. The van der Waals surface area contributed by atoms with E-state index >= 15 is 0 Å². The monoisotopic (exact) mass is 305 g/mol. The average Bonchev–Trinajstić information content (AvgIpc) is 2.52. The Balaban J connectivity index is 2.56. The van der Waals surface area contributed by atoms with E-state index in [1.54, 1.807) is 13.0 Å². The van der Waals surface area contributed by atoms with Crippen LogP contribution in [0.5, 0.6) is 5.88 Å². The first kappa shape index (κ1) is 15.6. The minimum atomic E-state index is -0.622. The lowest BCUT2D eigenvalue weighted by molar-refractivity contribution is 0.409. The van der Waals surface area contributed by atoms with Crippen LogP contribution in [0.2, 0.25) is 0 Å². The van der Waals surface area contributed by atoms with Gasteiger partial charge in [0.05, 0.1) is 5.70 Å². The molecule has 1 heterocycles.